The Labute approximate surface area is 97.4 Å². The molecule has 1 nitrogen and oxygen atoms in total. The van der Waals surface area contributed by atoms with E-state index in [4.69, 9.17) is 5.26 Å². The fourth-order valence-electron chi connectivity index (χ4n) is 0. The van der Waals surface area contributed by atoms with Crippen LogP contribution in [0.3, 0.4) is 0 Å². The second-order valence-electron chi connectivity index (χ2n) is 0.0913. The third kappa shape index (κ3) is 34.4. The van der Waals surface area contributed by atoms with Crippen molar-refractivity contribution in [2.24, 2.45) is 0 Å². The molecule has 25 valence electrons. The Kier molecular flexibility index (Phi) is 108. The Morgan fingerprint density at radius 1 is 1.33 bits per heavy atom. The zero-order chi connectivity index (χ0) is 2.71. The molecule has 0 spiro atoms. The van der Waals surface area contributed by atoms with Crippen LogP contribution >= 0.6 is 0 Å². The predicted molar refractivity (Wildman–Crippen MR) is 13.0 cm³/mol. The van der Waals surface area contributed by atoms with Crippen LogP contribution in [0.5, 0.6) is 0 Å². The standard InChI is InChI=1S/CHNS.Co.2Na/c2-1-3;;;/h3H;;;/q;;2*+1/p-1. The van der Waals surface area contributed by atoms with E-state index in [1.54, 1.807) is 0 Å². The van der Waals surface area contributed by atoms with E-state index in [0.717, 1.165) is 0 Å². The van der Waals surface area contributed by atoms with Gasteiger partial charge in [-0.3, -0.25) is 0 Å². The molecule has 6 heavy (non-hydrogen) atoms. The molecule has 0 aliphatic heterocycles. The van der Waals surface area contributed by atoms with Crippen molar-refractivity contribution in [2.45, 2.75) is 0 Å². The van der Waals surface area contributed by atoms with Crippen LogP contribution in [0.4, 0.5) is 0 Å². The fourth-order valence-corrected chi connectivity index (χ4v) is 0. The van der Waals surface area contributed by atoms with Gasteiger partial charge >= 0.3 is 59.1 Å². The maximum absolute atomic E-state index is 7.13. The number of rotatable bonds is 0. The summed E-state index contributed by atoms with van der Waals surface area (Å²) in [6.07, 6.45) is 0. The molecule has 0 saturated heterocycles. The maximum Gasteiger partial charge on any atom is 1.00 e. The molecule has 0 aromatic carbocycles. The van der Waals surface area contributed by atoms with Gasteiger partial charge < -0.3 is 12.6 Å². The minimum absolute atomic E-state index is 0. The normalized spacial score (nSPS) is 1.17. The van der Waals surface area contributed by atoms with Crippen molar-refractivity contribution in [3.8, 4) is 5.40 Å². The molecule has 0 aromatic heterocycles. The van der Waals surface area contributed by atoms with Gasteiger partial charge in [0.1, 0.15) is 0 Å². The minimum atomic E-state index is 0. The third-order valence-electron chi connectivity index (χ3n) is 0. The van der Waals surface area contributed by atoms with Crippen molar-refractivity contribution in [1.82, 2.24) is 0 Å². The van der Waals surface area contributed by atoms with Crippen molar-refractivity contribution in [2.75, 3.05) is 0 Å². The first-order valence-electron chi connectivity index (χ1n) is 0.428. The molecular weight excluding hydrogens is 163 g/mol. The summed E-state index contributed by atoms with van der Waals surface area (Å²) >= 11 is 3.70. The van der Waals surface area contributed by atoms with Crippen LogP contribution in [0.25, 0.3) is 0 Å². The summed E-state index contributed by atoms with van der Waals surface area (Å²) in [5.74, 6) is 0. The van der Waals surface area contributed by atoms with E-state index in [0.29, 0.717) is 0 Å². The Morgan fingerprint density at radius 3 is 1.33 bits per heavy atom. The quantitative estimate of drug-likeness (QED) is 0.202. The van der Waals surface area contributed by atoms with Crippen molar-refractivity contribution in [3.05, 3.63) is 0 Å². The molecule has 0 saturated carbocycles. The molecule has 0 atom stereocenters. The van der Waals surface area contributed by atoms with Crippen LogP contribution in [-0.4, -0.2) is 0 Å². The molecule has 0 aliphatic carbocycles. The molecule has 0 heterocycles. The monoisotopic (exact) mass is 163 g/mol. The van der Waals surface area contributed by atoms with Gasteiger partial charge in [-0.1, -0.05) is 5.40 Å². The summed E-state index contributed by atoms with van der Waals surface area (Å²) in [5.41, 5.74) is 0. The second kappa shape index (κ2) is 27.0. The smallest absolute Gasteiger partial charge is 0.696 e. The number of hydrogen-bond donors (Lipinski definition) is 0. The van der Waals surface area contributed by atoms with Gasteiger partial charge in [0.15, 0.2) is 0 Å². The minimum Gasteiger partial charge on any atom is -0.696 e. The first kappa shape index (κ1) is 24.1. The van der Waals surface area contributed by atoms with E-state index in [1.165, 1.54) is 5.40 Å². The molecule has 0 aliphatic rings. The van der Waals surface area contributed by atoms with Gasteiger partial charge in [-0.2, -0.15) is 0 Å². The fraction of sp³-hybridized carbons (Fsp3) is 0. The maximum atomic E-state index is 7.13. The van der Waals surface area contributed by atoms with Crippen LogP contribution < -0.4 is 59.1 Å². The van der Waals surface area contributed by atoms with Gasteiger partial charge in [0.25, 0.3) is 0 Å². The van der Waals surface area contributed by atoms with Gasteiger partial charge in [-0.15, -0.1) is 0 Å². The zero-order valence-corrected chi connectivity index (χ0v) is 9.55. The number of hydrogen-bond acceptors (Lipinski definition) is 2. The summed E-state index contributed by atoms with van der Waals surface area (Å²) in [6, 6.07) is 0. The first-order chi connectivity index (χ1) is 1.41. The van der Waals surface area contributed by atoms with E-state index in [-0.39, 0.29) is 75.9 Å². The van der Waals surface area contributed by atoms with Crippen LogP contribution in [-0.2, 0) is 29.4 Å². The van der Waals surface area contributed by atoms with Crippen molar-refractivity contribution >= 4 is 12.6 Å². The van der Waals surface area contributed by atoms with E-state index in [1.807, 2.05) is 0 Å². The summed E-state index contributed by atoms with van der Waals surface area (Å²) in [7, 11) is 0. The third-order valence-corrected chi connectivity index (χ3v) is 0. The topological polar surface area (TPSA) is 23.8 Å². The van der Waals surface area contributed by atoms with Crippen LogP contribution in [0, 0.1) is 10.7 Å². The molecule has 5 heteroatoms. The average Bonchev–Trinajstić information content (AvgIpc) is 0.918. The van der Waals surface area contributed by atoms with Crippen molar-refractivity contribution < 1.29 is 75.9 Å². The van der Waals surface area contributed by atoms with E-state index < -0.39 is 0 Å². The van der Waals surface area contributed by atoms with Crippen molar-refractivity contribution in [1.29, 1.82) is 5.26 Å². The van der Waals surface area contributed by atoms with E-state index in [2.05, 4.69) is 12.6 Å². The van der Waals surface area contributed by atoms with E-state index in [9.17, 15) is 0 Å². The summed E-state index contributed by atoms with van der Waals surface area (Å²) in [4.78, 5) is 0. The van der Waals surface area contributed by atoms with Crippen LogP contribution in [0.1, 0.15) is 0 Å². The predicted octanol–water partition coefficient (Wildman–Crippen LogP) is -5.98. The summed E-state index contributed by atoms with van der Waals surface area (Å²) < 4.78 is 0. The average molecular weight is 163 g/mol. The summed E-state index contributed by atoms with van der Waals surface area (Å²) in [6.45, 7) is 0. The molecular formula is CCoNNa2S+. The van der Waals surface area contributed by atoms with Crippen LogP contribution in [0.15, 0.2) is 0 Å². The van der Waals surface area contributed by atoms with Crippen molar-refractivity contribution in [3.63, 3.8) is 0 Å². The zero-order valence-electron chi connectivity index (χ0n) is 3.69. The molecule has 0 N–H and O–H groups in total. The second-order valence-corrected chi connectivity index (χ2v) is 0.274. The van der Waals surface area contributed by atoms with Crippen LogP contribution in [0.2, 0.25) is 0 Å². The Balaban J connectivity index is -0.00000000667. The number of thiocyanates is 1. The molecule has 0 aromatic rings. The van der Waals surface area contributed by atoms with Gasteiger partial charge in [-0.05, 0) is 0 Å². The SMILES string of the molecule is N#C[S-].[Co].[Na+].[Na+]. The molecule has 0 unspecified atom stereocenters. The summed E-state index contributed by atoms with van der Waals surface area (Å²) in [5, 5.41) is 8.47. The van der Waals surface area contributed by atoms with Gasteiger partial charge in [0.05, 0.1) is 0 Å². The number of nitrogens with zero attached hydrogens (tertiary/aromatic N) is 1. The molecule has 0 fully saturated rings. The molecule has 0 bridgehead atoms. The Morgan fingerprint density at radius 2 is 1.33 bits per heavy atom. The first-order valence-corrected chi connectivity index (χ1v) is 0.836. The molecule has 0 rings (SSSR count). The van der Waals surface area contributed by atoms with Gasteiger partial charge in [0, 0.05) is 16.8 Å². The molecule has 0 amide bonds. The Bertz CT molecular complexity index is 35.0. The Hall–Kier alpha value is 2.22. The largest absolute Gasteiger partial charge is 1.00 e. The van der Waals surface area contributed by atoms with Gasteiger partial charge in [0.2, 0.25) is 0 Å². The van der Waals surface area contributed by atoms with E-state index >= 15 is 0 Å². The molecule has 1 radical (unpaired) electrons. The van der Waals surface area contributed by atoms with Gasteiger partial charge in [-0.25, -0.2) is 5.26 Å². The number of nitriles is 1.